The molecule has 0 unspecified atom stereocenters. The van der Waals surface area contributed by atoms with Crippen LogP contribution in [0.3, 0.4) is 0 Å². The Labute approximate surface area is 129 Å². The van der Waals surface area contributed by atoms with E-state index in [0.717, 1.165) is 0 Å². The number of hydrogen-bond acceptors (Lipinski definition) is 7. The Balaban J connectivity index is 3.18. The minimum absolute atomic E-state index is 0.0183. The van der Waals surface area contributed by atoms with Crippen LogP contribution in [0.15, 0.2) is 23.9 Å². The number of methoxy groups -OCH3 is 3. The quantitative estimate of drug-likeness (QED) is 0.449. The molecule has 3 N–H and O–H groups in total. The smallest absolute Gasteiger partial charge is 0.354 e. The first-order chi connectivity index (χ1) is 10.5. The van der Waals surface area contributed by atoms with Crippen molar-refractivity contribution in [3.63, 3.8) is 0 Å². The van der Waals surface area contributed by atoms with Gasteiger partial charge in [0.2, 0.25) is 5.75 Å². The Morgan fingerprint density at radius 2 is 1.73 bits per heavy atom. The van der Waals surface area contributed by atoms with E-state index >= 15 is 0 Å². The number of hydrogen-bond donors (Lipinski definition) is 2. The van der Waals surface area contributed by atoms with Crippen molar-refractivity contribution in [2.75, 3.05) is 27.9 Å². The van der Waals surface area contributed by atoms with Crippen molar-refractivity contribution in [2.24, 2.45) is 5.73 Å². The average Bonchev–Trinajstić information content (AvgIpc) is 2.53. The lowest BCUT2D eigenvalue weighted by Gasteiger charge is -2.14. The monoisotopic (exact) mass is 308 g/mol. The Hall–Kier alpha value is -2.70. The Kier molecular flexibility index (Phi) is 6.25. The lowest BCUT2D eigenvalue weighted by Crippen LogP contribution is -2.16. The Bertz CT molecular complexity index is 571. The molecule has 0 aliphatic rings. The number of carbonyl (C=O) groups is 1. The summed E-state index contributed by atoms with van der Waals surface area (Å²) < 4.78 is 20.4. The zero-order valence-electron chi connectivity index (χ0n) is 13.1. The molecule has 0 aromatic heterocycles. The second kappa shape index (κ2) is 7.92. The highest BCUT2D eigenvalue weighted by molar-refractivity contribution is 6.10. The summed E-state index contributed by atoms with van der Waals surface area (Å²) >= 11 is 0. The van der Waals surface area contributed by atoms with Crippen LogP contribution in [0.4, 0.5) is 0 Å². The van der Waals surface area contributed by atoms with Gasteiger partial charge in [-0.15, -0.1) is 0 Å². The second-order valence-corrected chi connectivity index (χ2v) is 4.15. The van der Waals surface area contributed by atoms with Gasteiger partial charge in [0.25, 0.3) is 0 Å². The van der Waals surface area contributed by atoms with Crippen molar-refractivity contribution in [2.45, 2.75) is 6.92 Å². The number of benzene rings is 1. The predicted octanol–water partition coefficient (Wildman–Crippen LogP) is 1.49. The molecule has 7 nitrogen and oxygen atoms in total. The van der Waals surface area contributed by atoms with Crippen LogP contribution in [0.1, 0.15) is 12.5 Å². The van der Waals surface area contributed by atoms with E-state index in [1.165, 1.54) is 27.4 Å². The van der Waals surface area contributed by atoms with E-state index in [0.29, 0.717) is 22.8 Å². The van der Waals surface area contributed by atoms with Gasteiger partial charge in [-0.1, -0.05) is 0 Å². The largest absolute Gasteiger partial charge is 0.493 e. The van der Waals surface area contributed by atoms with E-state index in [-0.39, 0.29) is 18.0 Å². The van der Waals surface area contributed by atoms with Crippen LogP contribution in [0.2, 0.25) is 0 Å². The summed E-state index contributed by atoms with van der Waals surface area (Å²) in [5.41, 5.74) is 5.92. The summed E-state index contributed by atoms with van der Waals surface area (Å²) in [6, 6.07) is 3.19. The zero-order valence-corrected chi connectivity index (χ0v) is 13.1. The molecular weight excluding hydrogens is 288 g/mol. The van der Waals surface area contributed by atoms with Gasteiger partial charge in [-0.2, -0.15) is 0 Å². The third-order valence-electron chi connectivity index (χ3n) is 2.79. The van der Waals surface area contributed by atoms with E-state index in [4.69, 9.17) is 30.1 Å². The molecule has 0 spiro atoms. The molecule has 0 aliphatic carbocycles. The van der Waals surface area contributed by atoms with Crippen LogP contribution in [-0.4, -0.2) is 39.6 Å². The first-order valence-corrected chi connectivity index (χ1v) is 6.51. The SMILES string of the molecule is CCOC(=O)C(N)=CC(=N)c1cc(OC)c(OC)c(OC)c1. The lowest BCUT2D eigenvalue weighted by molar-refractivity contribution is -0.138. The maximum absolute atomic E-state index is 11.5. The number of carbonyl (C=O) groups excluding carboxylic acids is 1. The summed E-state index contributed by atoms with van der Waals surface area (Å²) in [6.45, 7) is 1.89. The maximum atomic E-state index is 11.5. The van der Waals surface area contributed by atoms with Gasteiger partial charge in [0, 0.05) is 5.56 Å². The van der Waals surface area contributed by atoms with Gasteiger partial charge in [0.15, 0.2) is 11.5 Å². The molecule has 1 aromatic carbocycles. The number of esters is 1. The maximum Gasteiger partial charge on any atom is 0.354 e. The fourth-order valence-electron chi connectivity index (χ4n) is 1.75. The molecule has 0 saturated carbocycles. The van der Waals surface area contributed by atoms with E-state index in [1.807, 2.05) is 0 Å². The van der Waals surface area contributed by atoms with Crippen LogP contribution in [-0.2, 0) is 9.53 Å². The van der Waals surface area contributed by atoms with E-state index in [1.54, 1.807) is 19.1 Å². The van der Waals surface area contributed by atoms with E-state index in [9.17, 15) is 4.79 Å². The van der Waals surface area contributed by atoms with Crippen LogP contribution in [0, 0.1) is 5.41 Å². The number of nitrogens with two attached hydrogens (primary N) is 1. The van der Waals surface area contributed by atoms with Crippen molar-refractivity contribution in [1.82, 2.24) is 0 Å². The molecular formula is C15H20N2O5. The molecule has 0 heterocycles. The van der Waals surface area contributed by atoms with Gasteiger partial charge < -0.3 is 30.1 Å². The summed E-state index contributed by atoms with van der Waals surface area (Å²) in [7, 11) is 4.45. The lowest BCUT2D eigenvalue weighted by atomic mass is 10.1. The molecule has 1 aromatic rings. The van der Waals surface area contributed by atoms with Gasteiger partial charge in [0.1, 0.15) is 5.70 Å². The van der Waals surface area contributed by atoms with Crippen molar-refractivity contribution in [3.05, 3.63) is 29.5 Å². The number of nitrogens with one attached hydrogen (secondary N) is 1. The summed E-state index contributed by atoms with van der Waals surface area (Å²) in [6.07, 6.45) is 1.22. The summed E-state index contributed by atoms with van der Waals surface area (Å²) in [5.74, 6) is 0.568. The zero-order chi connectivity index (χ0) is 16.7. The molecule has 7 heteroatoms. The standard InChI is InChI=1S/C15H20N2O5/c1-5-22-15(18)11(17)8-10(16)9-6-12(19-2)14(21-4)13(7-9)20-3/h6-8,16H,5,17H2,1-4H3. The molecule has 0 saturated heterocycles. The highest BCUT2D eigenvalue weighted by atomic mass is 16.5. The van der Waals surface area contributed by atoms with Crippen LogP contribution in [0.5, 0.6) is 17.2 Å². The minimum Gasteiger partial charge on any atom is -0.493 e. The normalized spacial score (nSPS) is 10.8. The third kappa shape index (κ3) is 3.91. The van der Waals surface area contributed by atoms with Crippen molar-refractivity contribution in [1.29, 1.82) is 5.41 Å². The van der Waals surface area contributed by atoms with Crippen LogP contribution >= 0.6 is 0 Å². The highest BCUT2D eigenvalue weighted by Gasteiger charge is 2.15. The van der Waals surface area contributed by atoms with Crippen LogP contribution < -0.4 is 19.9 Å². The Morgan fingerprint density at radius 3 is 2.14 bits per heavy atom. The van der Waals surface area contributed by atoms with E-state index < -0.39 is 5.97 Å². The first kappa shape index (κ1) is 17.4. The van der Waals surface area contributed by atoms with Crippen LogP contribution in [0.25, 0.3) is 0 Å². The van der Waals surface area contributed by atoms with E-state index in [2.05, 4.69) is 0 Å². The first-order valence-electron chi connectivity index (χ1n) is 6.51. The summed E-state index contributed by atoms with van der Waals surface area (Å²) in [4.78, 5) is 11.5. The van der Waals surface area contributed by atoms with Crippen molar-refractivity contribution < 1.29 is 23.7 Å². The molecule has 0 atom stereocenters. The predicted molar refractivity (Wildman–Crippen MR) is 81.8 cm³/mol. The molecule has 0 aliphatic heterocycles. The fourth-order valence-corrected chi connectivity index (χ4v) is 1.75. The van der Waals surface area contributed by atoms with Gasteiger partial charge in [-0.3, -0.25) is 0 Å². The molecule has 0 amide bonds. The Morgan fingerprint density at radius 1 is 1.18 bits per heavy atom. The topological polar surface area (TPSA) is 104 Å². The molecule has 1 rings (SSSR count). The second-order valence-electron chi connectivity index (χ2n) is 4.15. The van der Waals surface area contributed by atoms with Crippen molar-refractivity contribution >= 4 is 11.7 Å². The minimum atomic E-state index is -0.667. The number of allylic oxidation sites excluding steroid dienone is 1. The molecule has 120 valence electrons. The molecule has 0 bridgehead atoms. The molecule has 0 radical (unpaired) electrons. The fraction of sp³-hybridized carbons (Fsp3) is 0.333. The van der Waals surface area contributed by atoms with Gasteiger partial charge in [-0.05, 0) is 25.1 Å². The molecule has 0 fully saturated rings. The van der Waals surface area contributed by atoms with Gasteiger partial charge in [0.05, 0.1) is 33.6 Å². The number of ether oxygens (including phenoxy) is 4. The number of rotatable bonds is 7. The molecule has 22 heavy (non-hydrogen) atoms. The average molecular weight is 308 g/mol. The highest BCUT2D eigenvalue weighted by Crippen LogP contribution is 2.38. The van der Waals surface area contributed by atoms with Gasteiger partial charge >= 0.3 is 5.97 Å². The van der Waals surface area contributed by atoms with Gasteiger partial charge in [-0.25, -0.2) is 4.79 Å². The van der Waals surface area contributed by atoms with Crippen molar-refractivity contribution in [3.8, 4) is 17.2 Å². The third-order valence-corrected chi connectivity index (χ3v) is 2.79. The summed E-state index contributed by atoms with van der Waals surface area (Å²) in [5, 5.41) is 8.04.